The van der Waals surface area contributed by atoms with Gasteiger partial charge in [-0.1, -0.05) is 120 Å². The molecule has 0 bridgehead atoms. The number of carbonyl (C=O) groups excluding carboxylic acids is 8. The summed E-state index contributed by atoms with van der Waals surface area (Å²) in [6, 6.07) is 46.8. The summed E-state index contributed by atoms with van der Waals surface area (Å²) in [7, 11) is 8.13. The van der Waals surface area contributed by atoms with Gasteiger partial charge in [0.25, 0.3) is 17.7 Å². The number of para-hydroxylation sites is 3. The minimum atomic E-state index is -4.97. The number of halogens is 9. The normalized spacial score (nSPS) is 15.0. The van der Waals surface area contributed by atoms with Crippen LogP contribution in [0.5, 0.6) is 17.2 Å². The lowest BCUT2D eigenvalue weighted by molar-refractivity contribution is -0.199. The second kappa shape index (κ2) is 60.4. The number of nitrogens with zero attached hydrogens (tertiary/aromatic N) is 5. The Balaban J connectivity index is 0.000000388. The van der Waals surface area contributed by atoms with Gasteiger partial charge in [0, 0.05) is 157 Å². The number of alkyl halides is 9. The Morgan fingerprint density at radius 1 is 0.417 bits per heavy atom. The maximum Gasteiger partial charge on any atom is 0.490 e. The summed E-state index contributed by atoms with van der Waals surface area (Å²) in [5.41, 5.74) is 13.8. The van der Waals surface area contributed by atoms with Gasteiger partial charge in [-0.3, -0.25) is 24.0 Å². The molecule has 7 amide bonds. The smallest absolute Gasteiger partial charge is 0.482 e. The summed E-state index contributed by atoms with van der Waals surface area (Å²) in [4.78, 5) is 103. The standard InChI is InChI=1S/C31H36F3N3O5.C30H39N3O4.C25H31N3O2.C6H11F3N2O.C5H14N2.C4H5F3O2.C4H10O.2CH4/c1-5-36(19-16-35-27(39)31(32,33)34)26(38)22-12-10-21(11-13-22)24-20-30(41-25-9-7-6-8-23(24)25)14-17-37(18-15-30)28(40)42-29(2,3)4;1-29(2,3)37-28(35)33-19-15-30(16-20-33)21-25(24-9-6-7-10-26(24)36-30)22-11-13-23(14-12-22)27(34)31-17-8-18-32(4)5;1-28(2)17-5-14-27-24(29)20-10-8-19(9-11-20)22-18-25(12-15-26-16-13-25)30-23-7-4-3-6-21(22)23;1-2-10-3-4-11-5(12)6(7,8)9;1-2-7-5-3-4-6;1-2-9-3(8)4(5,6)7;1-3-5-4-2;;/h6-13,20H,5,14-19H2,1-4H3,(H,35,39);6-7,9-14,21H,8,15-20H2,1-5H3,(H,31,34);3-4,6-11,18,26H,5,12-17H2,1-2H3,(H,27,29);10H,2-4H2,1H3,(H,11,12);7H,2-6H2,1H3;2H2,1H3;3-4H2,1-2H3;2*1H4. The molecule has 6 aromatic carbocycles. The van der Waals surface area contributed by atoms with Gasteiger partial charge in [0.15, 0.2) is 0 Å². The SMILES string of the molecule is C.C.CCN(CCNC(=O)C(F)(F)F)C(=O)c1ccc(C2=CC3(CCN(C(=O)OC(C)(C)C)CC3)Oc3ccccc32)cc1.CCNCCCN.CCNCCNC(=O)C(F)(F)F.CCOC(=O)C(F)(F)F.CCOCC.CN(C)CCCNC(=O)c1ccc(C2=CC3(CCN(C(=O)OC(C)(C)C)CC3)Oc3ccccc32)cc1.CN(C)CCCNC(=O)c1ccc(C2=CC3(CCNCC3)Oc3ccccc32)cc1. The maximum atomic E-state index is 13.1. The molecule has 3 fully saturated rings. The predicted molar refractivity (Wildman–Crippen MR) is 546 cm³/mol. The van der Waals surface area contributed by atoms with E-state index in [4.69, 9.17) is 34.2 Å². The van der Waals surface area contributed by atoms with Crippen LogP contribution in [0.2, 0.25) is 0 Å². The molecular weight excluding hydrogens is 1880 g/mol. The Hall–Kier alpha value is -11.6. The van der Waals surface area contributed by atoms with E-state index in [-0.39, 0.29) is 83.1 Å². The van der Waals surface area contributed by atoms with Gasteiger partial charge in [0.05, 0.1) is 6.61 Å². The highest BCUT2D eigenvalue weighted by Crippen LogP contribution is 2.47. The molecule has 37 heteroatoms. The number of benzene rings is 6. The molecule has 12 rings (SSSR count). The van der Waals surface area contributed by atoms with Crippen molar-refractivity contribution >= 4 is 64.4 Å². The molecule has 28 nitrogen and oxygen atoms in total. The fourth-order valence-corrected chi connectivity index (χ4v) is 15.3. The Morgan fingerprint density at radius 3 is 1.07 bits per heavy atom. The minimum absolute atomic E-state index is 0. The van der Waals surface area contributed by atoms with Crippen molar-refractivity contribution in [2.24, 2.45) is 5.73 Å². The third-order valence-electron chi connectivity index (χ3n) is 22.6. The largest absolute Gasteiger partial charge is 0.490 e. The highest BCUT2D eigenvalue weighted by Gasteiger charge is 2.46. The number of likely N-dealkylation sites (tertiary alicyclic amines) is 2. The number of nitrogens with two attached hydrogens (primary N) is 1. The molecule has 0 aromatic heterocycles. The van der Waals surface area contributed by atoms with E-state index in [1.54, 1.807) is 39.5 Å². The molecule has 3 spiro atoms. The fraction of sp³-hybridized carbons (Fsp3) is 0.533. The van der Waals surface area contributed by atoms with Gasteiger partial charge >= 0.3 is 48.5 Å². The maximum absolute atomic E-state index is 13.1. The zero-order chi connectivity index (χ0) is 105. The Morgan fingerprint density at radius 2 is 0.764 bits per heavy atom. The lowest BCUT2D eigenvalue weighted by Crippen LogP contribution is -2.50. The van der Waals surface area contributed by atoms with Crippen LogP contribution in [0.1, 0.15) is 220 Å². The number of carbonyl (C=O) groups is 8. The Labute approximate surface area is 844 Å². The number of ether oxygens (including phenoxy) is 7. The number of rotatable bonds is 29. The third kappa shape index (κ3) is 41.8. The molecule has 6 aromatic rings. The van der Waals surface area contributed by atoms with E-state index in [2.05, 4.69) is 96.6 Å². The highest BCUT2D eigenvalue weighted by atomic mass is 19.4. The van der Waals surface area contributed by atoms with Crippen molar-refractivity contribution in [3.05, 3.63) is 214 Å². The van der Waals surface area contributed by atoms with E-state index >= 15 is 0 Å². The highest BCUT2D eigenvalue weighted by molar-refractivity contribution is 5.97. The van der Waals surface area contributed by atoms with Crippen LogP contribution in [0.4, 0.5) is 49.1 Å². The molecule has 6 aliphatic heterocycles. The van der Waals surface area contributed by atoms with Crippen molar-refractivity contribution in [2.45, 2.75) is 202 Å². The molecule has 3 saturated heterocycles. The first kappa shape index (κ1) is 125. The van der Waals surface area contributed by atoms with E-state index in [9.17, 15) is 77.9 Å². The molecule has 9 N–H and O–H groups in total. The van der Waals surface area contributed by atoms with E-state index in [0.29, 0.717) is 94.7 Å². The van der Waals surface area contributed by atoms with Gasteiger partial charge in [-0.05, 0) is 275 Å². The van der Waals surface area contributed by atoms with Crippen LogP contribution in [0.3, 0.4) is 0 Å². The number of piperidine rings is 3. The minimum Gasteiger partial charge on any atom is -0.482 e. The molecule has 800 valence electrons. The quantitative estimate of drug-likeness (QED) is 0.00936. The van der Waals surface area contributed by atoms with E-state index in [0.717, 1.165) is 153 Å². The molecule has 0 saturated carbocycles. The number of likely N-dealkylation sites (N-methyl/N-ethyl adjacent to an activating group) is 2. The second-order valence-electron chi connectivity index (χ2n) is 36.6. The first-order chi connectivity index (χ1) is 67.1. The van der Waals surface area contributed by atoms with E-state index in [1.165, 1.54) is 17.4 Å². The van der Waals surface area contributed by atoms with Crippen molar-refractivity contribution in [2.75, 3.05) is 172 Å². The number of fused-ring (bicyclic) bond motifs is 3. The molecular formula is C107H154F9N13O15. The van der Waals surface area contributed by atoms with E-state index in [1.807, 2.05) is 194 Å². The second-order valence-corrected chi connectivity index (χ2v) is 36.6. The van der Waals surface area contributed by atoms with Crippen LogP contribution in [0, 0.1) is 0 Å². The predicted octanol–water partition coefficient (Wildman–Crippen LogP) is 17.3. The monoisotopic (exact) mass is 2030 g/mol. The number of esters is 1. The van der Waals surface area contributed by atoms with Gasteiger partial charge in [-0.2, -0.15) is 39.5 Å². The first-order valence-electron chi connectivity index (χ1n) is 48.4. The number of hydrogen-bond donors (Lipinski definition) is 8. The van der Waals surface area contributed by atoms with Gasteiger partial charge < -0.3 is 101 Å². The lowest BCUT2D eigenvalue weighted by Gasteiger charge is -2.43. The molecule has 6 aliphatic rings. The summed E-state index contributed by atoms with van der Waals surface area (Å²) in [6.07, 6.45) is -1.24. The van der Waals surface area contributed by atoms with Gasteiger partial charge in [0.1, 0.15) is 45.3 Å². The van der Waals surface area contributed by atoms with Crippen LogP contribution in [0.15, 0.2) is 164 Å². The lowest BCUT2D eigenvalue weighted by atomic mass is 9.83. The fourth-order valence-electron chi connectivity index (χ4n) is 15.3. The third-order valence-corrected chi connectivity index (χ3v) is 22.6. The van der Waals surface area contributed by atoms with Gasteiger partial charge in [-0.25, -0.2) is 14.4 Å². The Bertz CT molecular complexity index is 5030. The van der Waals surface area contributed by atoms with Gasteiger partial charge in [-0.15, -0.1) is 0 Å². The van der Waals surface area contributed by atoms with Crippen LogP contribution < -0.4 is 57.2 Å². The summed E-state index contributed by atoms with van der Waals surface area (Å²) in [5.74, 6) is -3.96. The zero-order valence-electron chi connectivity index (χ0n) is 84.8. The molecule has 0 atom stereocenters. The summed E-state index contributed by atoms with van der Waals surface area (Å²) in [6.45, 7) is 34.6. The number of nitrogens with one attached hydrogen (secondary N) is 7. The summed E-state index contributed by atoms with van der Waals surface area (Å²) in [5, 5.41) is 18.9. The summed E-state index contributed by atoms with van der Waals surface area (Å²) < 4.78 is 145. The van der Waals surface area contributed by atoms with Crippen LogP contribution in [0.25, 0.3) is 16.7 Å². The Kier molecular flexibility index (Phi) is 52.3. The van der Waals surface area contributed by atoms with Crippen molar-refractivity contribution in [1.82, 2.24) is 61.7 Å². The van der Waals surface area contributed by atoms with Crippen molar-refractivity contribution in [3.8, 4) is 17.2 Å². The number of hydrogen-bond acceptors (Lipinski definition) is 21. The van der Waals surface area contributed by atoms with Crippen LogP contribution >= 0.6 is 0 Å². The van der Waals surface area contributed by atoms with Crippen LogP contribution in [-0.4, -0.2) is 291 Å². The van der Waals surface area contributed by atoms with Crippen LogP contribution in [-0.2, 0) is 33.3 Å². The van der Waals surface area contributed by atoms with Crippen molar-refractivity contribution < 1.29 is 111 Å². The molecule has 0 aliphatic carbocycles. The first-order valence-corrected chi connectivity index (χ1v) is 48.4. The van der Waals surface area contributed by atoms with E-state index < -0.39 is 58.7 Å². The van der Waals surface area contributed by atoms with Gasteiger partial charge in [0.2, 0.25) is 0 Å². The molecule has 0 unspecified atom stereocenters. The molecule has 6 heterocycles. The average Bonchev–Trinajstić information content (AvgIpc) is 0.759. The van der Waals surface area contributed by atoms with Crippen molar-refractivity contribution in [1.29, 1.82) is 0 Å². The zero-order valence-corrected chi connectivity index (χ0v) is 84.8. The topological polar surface area (TPSA) is 328 Å². The molecule has 0 radical (unpaired) electrons. The average molecular weight is 2030 g/mol. The van der Waals surface area contributed by atoms with Crippen molar-refractivity contribution in [3.63, 3.8) is 0 Å². The molecule has 144 heavy (non-hydrogen) atoms. The number of amides is 7. The summed E-state index contributed by atoms with van der Waals surface area (Å²) >= 11 is 0.